The minimum atomic E-state index is -3.42. The lowest BCUT2D eigenvalue weighted by Crippen LogP contribution is -2.45. The Morgan fingerprint density at radius 3 is 2.70 bits per heavy atom. The van der Waals surface area contributed by atoms with Crippen molar-refractivity contribution in [2.75, 3.05) is 39.9 Å². The first-order chi connectivity index (χ1) is 13.0. The number of aliphatic imine (C=N–C) groups is 1. The molecule has 2 rings (SSSR count). The zero-order valence-corrected chi connectivity index (χ0v) is 17.9. The van der Waals surface area contributed by atoms with Crippen molar-refractivity contribution in [1.82, 2.24) is 15.4 Å². The van der Waals surface area contributed by atoms with Gasteiger partial charge in [0.2, 0.25) is 10.0 Å². The summed E-state index contributed by atoms with van der Waals surface area (Å²) in [5, 5.41) is 8.35. The second-order valence-corrected chi connectivity index (χ2v) is 9.78. The van der Waals surface area contributed by atoms with Gasteiger partial charge < -0.3 is 15.4 Å². The Balaban J connectivity index is 1.73. The Bertz CT molecular complexity index is 669. The number of thiophene rings is 1. The van der Waals surface area contributed by atoms with Gasteiger partial charge in [-0.15, -0.1) is 11.3 Å². The van der Waals surface area contributed by atoms with Crippen molar-refractivity contribution in [3.8, 4) is 0 Å². The molecule has 0 unspecified atom stereocenters. The molecule has 1 saturated carbocycles. The molecule has 0 atom stereocenters. The third kappa shape index (κ3) is 7.06. The van der Waals surface area contributed by atoms with Crippen molar-refractivity contribution in [3.05, 3.63) is 17.5 Å². The summed E-state index contributed by atoms with van der Waals surface area (Å²) in [7, 11) is -1.69. The van der Waals surface area contributed by atoms with Crippen LogP contribution in [0.2, 0.25) is 0 Å². The van der Waals surface area contributed by atoms with Gasteiger partial charge in [0.05, 0.1) is 0 Å². The summed E-state index contributed by atoms with van der Waals surface area (Å²) in [6, 6.07) is 3.33. The summed E-state index contributed by atoms with van der Waals surface area (Å²) in [6.45, 7) is 5.22. The zero-order valence-electron chi connectivity index (χ0n) is 16.3. The lowest BCUT2D eigenvalue weighted by molar-refractivity contribution is 0.105. The second kappa shape index (κ2) is 11.0. The normalized spacial score (nSPS) is 17.2. The molecular formula is C18H32N4O3S2. The van der Waals surface area contributed by atoms with E-state index in [2.05, 4.69) is 20.3 Å². The van der Waals surface area contributed by atoms with E-state index in [-0.39, 0.29) is 5.41 Å². The number of nitrogens with zero attached hydrogens (tertiary/aromatic N) is 1. The molecule has 1 aliphatic rings. The minimum Gasteiger partial charge on any atom is -0.382 e. The second-order valence-electron chi connectivity index (χ2n) is 6.84. The van der Waals surface area contributed by atoms with Gasteiger partial charge in [-0.1, -0.05) is 18.9 Å². The van der Waals surface area contributed by atoms with Crippen molar-refractivity contribution in [2.24, 2.45) is 10.4 Å². The van der Waals surface area contributed by atoms with Gasteiger partial charge in [-0.3, -0.25) is 4.99 Å². The molecule has 1 aromatic heterocycles. The fraction of sp³-hybridized carbons (Fsp3) is 0.722. The number of hydrogen-bond acceptors (Lipinski definition) is 5. The van der Waals surface area contributed by atoms with E-state index in [9.17, 15) is 8.42 Å². The lowest BCUT2D eigenvalue weighted by Gasteiger charge is -2.30. The number of hydrogen-bond donors (Lipinski definition) is 3. The SMILES string of the molecule is CCOCCC1(CNC(=NC)NCCNS(=O)(=O)c2cccs2)CCCC1. The average molecular weight is 417 g/mol. The van der Waals surface area contributed by atoms with Crippen LogP contribution in [-0.2, 0) is 14.8 Å². The van der Waals surface area contributed by atoms with Crippen molar-refractivity contribution < 1.29 is 13.2 Å². The van der Waals surface area contributed by atoms with E-state index >= 15 is 0 Å². The van der Waals surface area contributed by atoms with Crippen LogP contribution in [0.25, 0.3) is 0 Å². The van der Waals surface area contributed by atoms with Crippen molar-refractivity contribution in [1.29, 1.82) is 0 Å². The highest BCUT2D eigenvalue weighted by Crippen LogP contribution is 2.40. The van der Waals surface area contributed by atoms with Crippen LogP contribution in [-0.4, -0.2) is 54.3 Å². The summed E-state index contributed by atoms with van der Waals surface area (Å²) < 4.78 is 32.7. The smallest absolute Gasteiger partial charge is 0.250 e. The quantitative estimate of drug-likeness (QED) is 0.292. The molecule has 1 fully saturated rings. The van der Waals surface area contributed by atoms with Crippen LogP contribution >= 0.6 is 11.3 Å². The summed E-state index contributed by atoms with van der Waals surface area (Å²) in [6.07, 6.45) is 6.02. The molecule has 7 nitrogen and oxygen atoms in total. The van der Waals surface area contributed by atoms with Gasteiger partial charge >= 0.3 is 0 Å². The van der Waals surface area contributed by atoms with Crippen LogP contribution in [0.4, 0.5) is 0 Å². The molecule has 0 bridgehead atoms. The van der Waals surface area contributed by atoms with E-state index in [0.29, 0.717) is 23.3 Å². The average Bonchev–Trinajstić information content (AvgIpc) is 3.34. The summed E-state index contributed by atoms with van der Waals surface area (Å²) in [4.78, 5) is 4.25. The van der Waals surface area contributed by atoms with E-state index in [1.54, 1.807) is 24.6 Å². The van der Waals surface area contributed by atoms with E-state index < -0.39 is 10.0 Å². The molecule has 3 N–H and O–H groups in total. The fourth-order valence-corrected chi connectivity index (χ4v) is 5.49. The minimum absolute atomic E-state index is 0.271. The van der Waals surface area contributed by atoms with Crippen LogP contribution in [0.1, 0.15) is 39.0 Å². The van der Waals surface area contributed by atoms with Gasteiger partial charge in [0.15, 0.2) is 5.96 Å². The van der Waals surface area contributed by atoms with Crippen molar-refractivity contribution >= 4 is 27.3 Å². The molecule has 0 radical (unpaired) electrons. The number of rotatable bonds is 11. The molecular weight excluding hydrogens is 384 g/mol. The van der Waals surface area contributed by atoms with Gasteiger partial charge in [-0.05, 0) is 43.0 Å². The van der Waals surface area contributed by atoms with Gasteiger partial charge in [0.25, 0.3) is 0 Å². The van der Waals surface area contributed by atoms with E-state index in [0.717, 1.165) is 26.2 Å². The van der Waals surface area contributed by atoms with Gasteiger partial charge in [0, 0.05) is 39.9 Å². The summed E-state index contributed by atoms with van der Waals surface area (Å²) >= 11 is 1.21. The van der Waals surface area contributed by atoms with Gasteiger partial charge in [-0.25, -0.2) is 13.1 Å². The number of nitrogens with one attached hydrogen (secondary N) is 3. The van der Waals surface area contributed by atoms with Crippen LogP contribution in [0.15, 0.2) is 26.7 Å². The molecule has 154 valence electrons. The first-order valence-electron chi connectivity index (χ1n) is 9.57. The van der Waals surface area contributed by atoms with E-state index in [1.165, 1.54) is 37.0 Å². The maximum Gasteiger partial charge on any atom is 0.250 e. The first kappa shape index (κ1) is 22.1. The molecule has 27 heavy (non-hydrogen) atoms. The fourth-order valence-electron chi connectivity index (χ4n) is 3.42. The molecule has 1 aliphatic carbocycles. The molecule has 9 heteroatoms. The van der Waals surface area contributed by atoms with Crippen LogP contribution in [0.5, 0.6) is 0 Å². The molecule has 0 aliphatic heterocycles. The topological polar surface area (TPSA) is 91.8 Å². The highest BCUT2D eigenvalue weighted by atomic mass is 32.2. The number of guanidine groups is 1. The first-order valence-corrected chi connectivity index (χ1v) is 11.9. The predicted molar refractivity (Wildman–Crippen MR) is 111 cm³/mol. The molecule has 0 spiro atoms. The maximum absolute atomic E-state index is 12.1. The predicted octanol–water partition coefficient (Wildman–Crippen LogP) is 2.18. The highest BCUT2D eigenvalue weighted by molar-refractivity contribution is 7.91. The largest absolute Gasteiger partial charge is 0.382 e. The number of sulfonamides is 1. The Morgan fingerprint density at radius 1 is 1.30 bits per heavy atom. The third-order valence-corrected chi connectivity index (χ3v) is 7.83. The van der Waals surface area contributed by atoms with Crippen LogP contribution in [0.3, 0.4) is 0 Å². The molecule has 1 heterocycles. The molecule has 0 saturated heterocycles. The Morgan fingerprint density at radius 2 is 2.07 bits per heavy atom. The Labute approximate surface area is 167 Å². The zero-order chi connectivity index (χ0) is 19.6. The van der Waals surface area contributed by atoms with E-state index in [4.69, 9.17) is 4.74 Å². The van der Waals surface area contributed by atoms with Gasteiger partial charge in [-0.2, -0.15) is 0 Å². The van der Waals surface area contributed by atoms with Crippen LogP contribution in [0, 0.1) is 5.41 Å². The molecule has 1 aromatic rings. The number of ether oxygens (including phenoxy) is 1. The van der Waals surface area contributed by atoms with Crippen molar-refractivity contribution in [3.63, 3.8) is 0 Å². The molecule has 0 aromatic carbocycles. The van der Waals surface area contributed by atoms with Crippen LogP contribution < -0.4 is 15.4 Å². The molecule has 0 amide bonds. The summed E-state index contributed by atoms with van der Waals surface area (Å²) in [5.74, 6) is 0.702. The summed E-state index contributed by atoms with van der Waals surface area (Å²) in [5.41, 5.74) is 0.271. The lowest BCUT2D eigenvalue weighted by atomic mass is 9.83. The highest BCUT2D eigenvalue weighted by Gasteiger charge is 2.33. The Hall–Kier alpha value is -1.16. The van der Waals surface area contributed by atoms with Gasteiger partial charge in [0.1, 0.15) is 4.21 Å². The standard InChI is InChI=1S/C18H32N4O3S2/c1-3-25-13-10-18(8-4-5-9-18)15-21-17(19-2)20-11-12-22-27(23,24)16-7-6-14-26-16/h6-7,14,22H,3-5,8-13,15H2,1-2H3,(H2,19,20,21). The monoisotopic (exact) mass is 416 g/mol. The Kier molecular flexibility index (Phi) is 9.01. The van der Waals surface area contributed by atoms with E-state index in [1.807, 2.05) is 6.92 Å². The van der Waals surface area contributed by atoms with Crippen molar-refractivity contribution in [2.45, 2.75) is 43.2 Å². The maximum atomic E-state index is 12.1. The third-order valence-electron chi connectivity index (χ3n) is 4.97.